The lowest BCUT2D eigenvalue weighted by molar-refractivity contribution is -0.129. The second kappa shape index (κ2) is 7.25. The first kappa shape index (κ1) is 16.2. The fraction of sp³-hybridized carbons (Fsp3) is 0.353. The Morgan fingerprint density at radius 3 is 2.71 bits per heavy atom. The van der Waals surface area contributed by atoms with Gasteiger partial charge < -0.3 is 14.4 Å². The molecule has 1 amide bonds. The zero-order chi connectivity index (χ0) is 16.9. The molecule has 2 aromatic rings. The van der Waals surface area contributed by atoms with Gasteiger partial charge in [-0.3, -0.25) is 4.79 Å². The minimum Gasteiger partial charge on any atom is -0.480 e. The standard InChI is InChI=1S/C17H18FN3O3/c1-23-15-6-7-16(20-19-15)24-13-8-9-21(11-13)17(22)10-12-4-2-3-5-14(12)18/h2-7,13H,8-11H2,1H3. The van der Waals surface area contributed by atoms with E-state index in [-0.39, 0.29) is 24.2 Å². The molecule has 1 fully saturated rings. The molecular formula is C17H18FN3O3. The number of hydrogen-bond donors (Lipinski definition) is 0. The van der Waals surface area contributed by atoms with Gasteiger partial charge in [-0.25, -0.2) is 4.39 Å². The highest BCUT2D eigenvalue weighted by Gasteiger charge is 2.28. The maximum Gasteiger partial charge on any atom is 0.233 e. The van der Waals surface area contributed by atoms with Crippen LogP contribution in [0.3, 0.4) is 0 Å². The molecule has 2 heterocycles. The van der Waals surface area contributed by atoms with Gasteiger partial charge in [0.2, 0.25) is 17.7 Å². The lowest BCUT2D eigenvalue weighted by Gasteiger charge is -2.17. The second-order valence-corrected chi connectivity index (χ2v) is 5.55. The smallest absolute Gasteiger partial charge is 0.233 e. The molecule has 24 heavy (non-hydrogen) atoms. The average molecular weight is 331 g/mol. The van der Waals surface area contributed by atoms with E-state index in [1.165, 1.54) is 13.2 Å². The summed E-state index contributed by atoms with van der Waals surface area (Å²) in [5, 5.41) is 7.75. The first-order chi connectivity index (χ1) is 11.7. The van der Waals surface area contributed by atoms with E-state index in [1.807, 2.05) is 0 Å². The van der Waals surface area contributed by atoms with Crippen LogP contribution in [0.25, 0.3) is 0 Å². The molecule has 0 spiro atoms. The molecule has 126 valence electrons. The predicted molar refractivity (Wildman–Crippen MR) is 84.3 cm³/mol. The minimum absolute atomic E-state index is 0.0573. The summed E-state index contributed by atoms with van der Waals surface area (Å²) in [5.41, 5.74) is 0.410. The van der Waals surface area contributed by atoms with Gasteiger partial charge in [0.15, 0.2) is 0 Å². The van der Waals surface area contributed by atoms with Crippen LogP contribution >= 0.6 is 0 Å². The first-order valence-electron chi connectivity index (χ1n) is 7.71. The van der Waals surface area contributed by atoms with Gasteiger partial charge in [0, 0.05) is 25.1 Å². The van der Waals surface area contributed by atoms with E-state index in [0.717, 1.165) is 0 Å². The third kappa shape index (κ3) is 3.79. The Balaban J connectivity index is 1.54. The predicted octanol–water partition coefficient (Wildman–Crippen LogP) is 1.85. The van der Waals surface area contributed by atoms with Gasteiger partial charge in [0.1, 0.15) is 11.9 Å². The van der Waals surface area contributed by atoms with Crippen LogP contribution in [-0.2, 0) is 11.2 Å². The van der Waals surface area contributed by atoms with Crippen LogP contribution in [0.15, 0.2) is 36.4 Å². The summed E-state index contributed by atoms with van der Waals surface area (Å²) in [6.07, 6.45) is 0.621. The van der Waals surface area contributed by atoms with Crippen LogP contribution in [0.5, 0.6) is 11.8 Å². The number of ether oxygens (including phenoxy) is 2. The van der Waals surface area contributed by atoms with E-state index in [2.05, 4.69) is 10.2 Å². The normalized spacial score (nSPS) is 16.9. The van der Waals surface area contributed by atoms with Gasteiger partial charge >= 0.3 is 0 Å². The van der Waals surface area contributed by atoms with Gasteiger partial charge in [0.05, 0.1) is 20.1 Å². The maximum atomic E-state index is 13.6. The summed E-state index contributed by atoms with van der Waals surface area (Å²) in [7, 11) is 1.51. The monoisotopic (exact) mass is 331 g/mol. The van der Waals surface area contributed by atoms with Crippen molar-refractivity contribution < 1.29 is 18.7 Å². The van der Waals surface area contributed by atoms with Gasteiger partial charge in [-0.15, -0.1) is 10.2 Å². The van der Waals surface area contributed by atoms with Crippen LogP contribution < -0.4 is 9.47 Å². The molecule has 6 nitrogen and oxygen atoms in total. The van der Waals surface area contributed by atoms with Gasteiger partial charge in [-0.05, 0) is 11.6 Å². The highest BCUT2D eigenvalue weighted by Crippen LogP contribution is 2.18. The van der Waals surface area contributed by atoms with Crippen molar-refractivity contribution in [1.29, 1.82) is 0 Å². The molecule has 1 aromatic carbocycles. The molecule has 1 unspecified atom stereocenters. The summed E-state index contributed by atoms with van der Waals surface area (Å²) < 4.78 is 24.3. The lowest BCUT2D eigenvalue weighted by atomic mass is 10.1. The third-order valence-corrected chi connectivity index (χ3v) is 3.91. The SMILES string of the molecule is COc1ccc(OC2CCN(C(=O)Cc3ccccc3F)C2)nn1. The molecule has 1 atom stereocenters. The minimum atomic E-state index is -0.355. The number of nitrogens with zero attached hydrogens (tertiary/aromatic N) is 3. The zero-order valence-electron chi connectivity index (χ0n) is 13.3. The number of benzene rings is 1. The van der Waals surface area contributed by atoms with Crippen molar-refractivity contribution in [2.75, 3.05) is 20.2 Å². The van der Waals surface area contributed by atoms with Crippen LogP contribution in [0.1, 0.15) is 12.0 Å². The number of aromatic nitrogens is 2. The van der Waals surface area contributed by atoms with Crippen molar-refractivity contribution in [1.82, 2.24) is 15.1 Å². The number of halogens is 1. The molecule has 1 aromatic heterocycles. The van der Waals surface area contributed by atoms with E-state index in [0.29, 0.717) is 36.8 Å². The van der Waals surface area contributed by atoms with E-state index >= 15 is 0 Å². The Labute approximate surface area is 139 Å². The van der Waals surface area contributed by atoms with Crippen LogP contribution in [-0.4, -0.2) is 47.3 Å². The Kier molecular flexibility index (Phi) is 4.88. The van der Waals surface area contributed by atoms with Gasteiger partial charge in [0.25, 0.3) is 0 Å². The summed E-state index contributed by atoms with van der Waals surface area (Å²) in [5.74, 6) is 0.345. The summed E-state index contributed by atoms with van der Waals surface area (Å²) in [4.78, 5) is 14.0. The fourth-order valence-corrected chi connectivity index (χ4v) is 2.62. The third-order valence-electron chi connectivity index (χ3n) is 3.91. The van der Waals surface area contributed by atoms with Crippen LogP contribution in [0, 0.1) is 5.82 Å². The van der Waals surface area contributed by atoms with Crippen molar-refractivity contribution >= 4 is 5.91 Å². The second-order valence-electron chi connectivity index (χ2n) is 5.55. The topological polar surface area (TPSA) is 64.6 Å². The highest BCUT2D eigenvalue weighted by atomic mass is 19.1. The van der Waals surface area contributed by atoms with Crippen molar-refractivity contribution in [2.24, 2.45) is 0 Å². The largest absolute Gasteiger partial charge is 0.480 e. The summed E-state index contributed by atoms with van der Waals surface area (Å²) >= 11 is 0. The Hall–Kier alpha value is -2.70. The summed E-state index contributed by atoms with van der Waals surface area (Å²) in [6.45, 7) is 1.04. The number of likely N-dealkylation sites (tertiary alicyclic amines) is 1. The molecular weight excluding hydrogens is 313 g/mol. The molecule has 0 saturated carbocycles. The number of methoxy groups -OCH3 is 1. The highest BCUT2D eigenvalue weighted by molar-refractivity contribution is 5.79. The first-order valence-corrected chi connectivity index (χ1v) is 7.71. The number of carbonyl (C=O) groups excluding carboxylic acids is 1. The van der Waals surface area contributed by atoms with E-state index < -0.39 is 0 Å². The molecule has 1 aliphatic heterocycles. The molecule has 0 radical (unpaired) electrons. The number of rotatable bonds is 5. The summed E-state index contributed by atoms with van der Waals surface area (Å²) in [6, 6.07) is 9.67. The van der Waals surface area contributed by atoms with Crippen LogP contribution in [0.2, 0.25) is 0 Å². The molecule has 7 heteroatoms. The van der Waals surface area contributed by atoms with Crippen LogP contribution in [0.4, 0.5) is 4.39 Å². The zero-order valence-corrected chi connectivity index (χ0v) is 13.3. The molecule has 0 aliphatic carbocycles. The molecule has 0 bridgehead atoms. The van der Waals surface area contributed by atoms with E-state index in [4.69, 9.17) is 9.47 Å². The number of hydrogen-bond acceptors (Lipinski definition) is 5. The fourth-order valence-electron chi connectivity index (χ4n) is 2.62. The Morgan fingerprint density at radius 2 is 2.00 bits per heavy atom. The molecule has 0 N–H and O–H groups in total. The van der Waals surface area contributed by atoms with Crippen molar-refractivity contribution in [3.8, 4) is 11.8 Å². The Bertz CT molecular complexity index is 708. The van der Waals surface area contributed by atoms with Crippen molar-refractivity contribution in [3.63, 3.8) is 0 Å². The molecule has 1 saturated heterocycles. The molecule has 3 rings (SSSR count). The maximum absolute atomic E-state index is 13.6. The number of carbonyl (C=O) groups is 1. The van der Waals surface area contributed by atoms with E-state index in [9.17, 15) is 9.18 Å². The lowest BCUT2D eigenvalue weighted by Crippen LogP contribution is -2.32. The van der Waals surface area contributed by atoms with E-state index in [1.54, 1.807) is 35.2 Å². The number of amides is 1. The van der Waals surface area contributed by atoms with Crippen molar-refractivity contribution in [2.45, 2.75) is 18.9 Å². The average Bonchev–Trinajstić information content (AvgIpc) is 3.06. The molecule has 1 aliphatic rings. The Morgan fingerprint density at radius 1 is 1.25 bits per heavy atom. The van der Waals surface area contributed by atoms with Crippen molar-refractivity contribution in [3.05, 3.63) is 47.8 Å². The van der Waals surface area contributed by atoms with Gasteiger partial charge in [-0.1, -0.05) is 18.2 Å². The van der Waals surface area contributed by atoms with Gasteiger partial charge in [-0.2, -0.15) is 0 Å². The quantitative estimate of drug-likeness (QED) is 0.836.